The zero-order chi connectivity index (χ0) is 11.1. The Balaban J connectivity index is 2.93. The average molecular weight is 220 g/mol. The van der Waals surface area contributed by atoms with Crippen molar-refractivity contribution >= 4 is 29.7 Å². The summed E-state index contributed by atoms with van der Waals surface area (Å²) in [4.78, 5) is 19.1. The molecule has 0 atom stereocenters. The molecule has 15 heavy (non-hydrogen) atoms. The lowest BCUT2D eigenvalue weighted by atomic mass is 10.2. The maximum Gasteiger partial charge on any atom is 0.130 e. The molecule has 1 heterocycles. The minimum absolute atomic E-state index is 0.419. The fraction of sp³-hybridized carbons (Fsp3) is 0.182. The number of carbonyl (C=O) groups is 1. The standard InChI is InChI=1S/C11H12N2OS/c1-9-7-10(3-4-13-9)11(8-12-2)15-6-5-14/h3-5,7-8H,2,6H2,1H3/b11-8-. The molecule has 78 valence electrons. The summed E-state index contributed by atoms with van der Waals surface area (Å²) < 4.78 is 0. The number of hydrogen-bond acceptors (Lipinski definition) is 4. The van der Waals surface area contributed by atoms with Crippen LogP contribution in [0.4, 0.5) is 0 Å². The van der Waals surface area contributed by atoms with Crippen LogP contribution < -0.4 is 0 Å². The monoisotopic (exact) mass is 220 g/mol. The predicted octanol–water partition coefficient (Wildman–Crippen LogP) is 2.32. The summed E-state index contributed by atoms with van der Waals surface area (Å²) >= 11 is 1.44. The van der Waals surface area contributed by atoms with E-state index in [0.29, 0.717) is 5.75 Å². The molecule has 0 N–H and O–H groups in total. The highest BCUT2D eigenvalue weighted by Gasteiger charge is 2.02. The summed E-state index contributed by atoms with van der Waals surface area (Å²) in [6.45, 7) is 5.34. The summed E-state index contributed by atoms with van der Waals surface area (Å²) in [5.74, 6) is 0.419. The number of aromatic nitrogens is 1. The Bertz CT molecular complexity index is 388. The molecule has 0 unspecified atom stereocenters. The number of rotatable bonds is 5. The summed E-state index contributed by atoms with van der Waals surface area (Å²) in [5.41, 5.74) is 1.95. The minimum atomic E-state index is 0.419. The van der Waals surface area contributed by atoms with Crippen molar-refractivity contribution in [1.29, 1.82) is 0 Å². The Kier molecular flexibility index (Phi) is 4.77. The van der Waals surface area contributed by atoms with Crippen molar-refractivity contribution in [3.05, 3.63) is 35.8 Å². The van der Waals surface area contributed by atoms with Crippen molar-refractivity contribution < 1.29 is 4.79 Å². The van der Waals surface area contributed by atoms with Crippen LogP contribution in [0.3, 0.4) is 0 Å². The molecule has 0 amide bonds. The van der Waals surface area contributed by atoms with Gasteiger partial charge in [-0.15, -0.1) is 11.8 Å². The third kappa shape index (κ3) is 3.67. The first kappa shape index (κ1) is 11.7. The van der Waals surface area contributed by atoms with Crippen molar-refractivity contribution in [3.8, 4) is 0 Å². The molecule has 1 aromatic heterocycles. The maximum atomic E-state index is 10.3. The smallest absolute Gasteiger partial charge is 0.130 e. The lowest BCUT2D eigenvalue weighted by molar-refractivity contribution is -0.105. The quantitative estimate of drug-likeness (QED) is 0.565. The molecule has 0 saturated heterocycles. The maximum absolute atomic E-state index is 10.3. The SMILES string of the molecule is C=N/C=C(\SCC=O)c1ccnc(C)c1. The van der Waals surface area contributed by atoms with Gasteiger partial charge in [0.1, 0.15) is 6.29 Å². The second-order valence-electron chi connectivity index (χ2n) is 2.84. The van der Waals surface area contributed by atoms with E-state index in [-0.39, 0.29) is 0 Å². The molecule has 0 saturated carbocycles. The fourth-order valence-corrected chi connectivity index (χ4v) is 1.79. The van der Waals surface area contributed by atoms with Crippen LogP contribution in [0.25, 0.3) is 4.91 Å². The Morgan fingerprint density at radius 3 is 3.13 bits per heavy atom. The average Bonchev–Trinajstić information content (AvgIpc) is 2.24. The van der Waals surface area contributed by atoms with Crippen LogP contribution in [0, 0.1) is 6.92 Å². The van der Waals surface area contributed by atoms with E-state index in [2.05, 4.69) is 16.7 Å². The highest BCUT2D eigenvalue weighted by Crippen LogP contribution is 2.26. The van der Waals surface area contributed by atoms with Crippen LogP contribution in [-0.4, -0.2) is 23.7 Å². The number of aliphatic imine (C=N–C) groups is 1. The Labute approximate surface area is 93.3 Å². The molecule has 3 nitrogen and oxygen atoms in total. The van der Waals surface area contributed by atoms with Crippen LogP contribution in [0.5, 0.6) is 0 Å². The third-order valence-corrected chi connectivity index (χ3v) is 2.65. The number of aryl methyl sites for hydroxylation is 1. The highest BCUT2D eigenvalue weighted by molar-refractivity contribution is 8.08. The predicted molar refractivity (Wildman–Crippen MR) is 65.0 cm³/mol. The summed E-state index contributed by atoms with van der Waals surface area (Å²) in [6.07, 6.45) is 4.27. The van der Waals surface area contributed by atoms with Gasteiger partial charge in [0.15, 0.2) is 0 Å². The van der Waals surface area contributed by atoms with Gasteiger partial charge in [0.25, 0.3) is 0 Å². The molecule has 0 aliphatic rings. The molecule has 0 aliphatic heterocycles. The van der Waals surface area contributed by atoms with E-state index in [1.54, 1.807) is 12.4 Å². The number of pyridine rings is 1. The largest absolute Gasteiger partial charge is 0.302 e. The second-order valence-corrected chi connectivity index (χ2v) is 3.90. The zero-order valence-electron chi connectivity index (χ0n) is 8.51. The summed E-state index contributed by atoms with van der Waals surface area (Å²) in [7, 11) is 0. The Morgan fingerprint density at radius 2 is 2.53 bits per heavy atom. The number of carbonyl (C=O) groups excluding carboxylic acids is 1. The van der Waals surface area contributed by atoms with E-state index in [9.17, 15) is 4.79 Å². The fourth-order valence-electron chi connectivity index (χ4n) is 1.10. The van der Waals surface area contributed by atoms with Crippen molar-refractivity contribution in [1.82, 2.24) is 4.98 Å². The normalized spacial score (nSPS) is 11.1. The van der Waals surface area contributed by atoms with E-state index in [1.165, 1.54) is 11.8 Å². The van der Waals surface area contributed by atoms with E-state index < -0.39 is 0 Å². The number of aldehydes is 1. The van der Waals surface area contributed by atoms with Gasteiger partial charge in [0.2, 0.25) is 0 Å². The molecular formula is C11H12N2OS. The molecule has 1 rings (SSSR count). The lowest BCUT2D eigenvalue weighted by Gasteiger charge is -2.04. The van der Waals surface area contributed by atoms with Crippen LogP contribution in [-0.2, 0) is 4.79 Å². The topological polar surface area (TPSA) is 42.3 Å². The van der Waals surface area contributed by atoms with Crippen LogP contribution in [0.2, 0.25) is 0 Å². The Morgan fingerprint density at radius 1 is 1.73 bits per heavy atom. The first-order chi connectivity index (χ1) is 7.27. The number of hydrogen-bond donors (Lipinski definition) is 0. The molecule has 0 aliphatic carbocycles. The van der Waals surface area contributed by atoms with Crippen molar-refractivity contribution in [2.24, 2.45) is 4.99 Å². The first-order valence-electron chi connectivity index (χ1n) is 4.43. The van der Waals surface area contributed by atoms with Gasteiger partial charge in [-0.2, -0.15) is 0 Å². The molecule has 0 spiro atoms. The molecule has 0 fully saturated rings. The van der Waals surface area contributed by atoms with Gasteiger partial charge >= 0.3 is 0 Å². The van der Waals surface area contributed by atoms with Crippen LogP contribution in [0.15, 0.2) is 29.5 Å². The van der Waals surface area contributed by atoms with Gasteiger partial charge in [0.05, 0.1) is 5.75 Å². The van der Waals surface area contributed by atoms with Crippen LogP contribution in [0.1, 0.15) is 11.3 Å². The van der Waals surface area contributed by atoms with E-state index >= 15 is 0 Å². The summed E-state index contributed by atoms with van der Waals surface area (Å²) in [6, 6.07) is 3.84. The third-order valence-electron chi connectivity index (χ3n) is 1.70. The molecule has 1 aromatic rings. The molecular weight excluding hydrogens is 208 g/mol. The zero-order valence-corrected chi connectivity index (χ0v) is 9.33. The molecule has 4 heteroatoms. The number of nitrogens with zero attached hydrogens (tertiary/aromatic N) is 2. The number of thioether (sulfide) groups is 1. The second kappa shape index (κ2) is 6.14. The molecule has 0 bridgehead atoms. The summed E-state index contributed by atoms with van der Waals surface area (Å²) in [5, 5.41) is 0. The van der Waals surface area contributed by atoms with Gasteiger partial charge in [-0.1, -0.05) is 0 Å². The van der Waals surface area contributed by atoms with Crippen molar-refractivity contribution in [2.45, 2.75) is 6.92 Å². The molecule has 0 radical (unpaired) electrons. The van der Waals surface area contributed by atoms with Crippen molar-refractivity contribution in [2.75, 3.05) is 5.75 Å². The van der Waals surface area contributed by atoms with E-state index in [4.69, 9.17) is 0 Å². The van der Waals surface area contributed by atoms with Crippen LogP contribution >= 0.6 is 11.8 Å². The van der Waals surface area contributed by atoms with Gasteiger partial charge in [-0.05, 0) is 31.3 Å². The Hall–Kier alpha value is -1.42. The van der Waals surface area contributed by atoms with Crippen molar-refractivity contribution in [3.63, 3.8) is 0 Å². The van der Waals surface area contributed by atoms with E-state index in [0.717, 1.165) is 22.4 Å². The lowest BCUT2D eigenvalue weighted by Crippen LogP contribution is -1.87. The van der Waals surface area contributed by atoms with Gasteiger partial charge in [-0.3, -0.25) is 9.98 Å². The van der Waals surface area contributed by atoms with E-state index in [1.807, 2.05) is 19.1 Å². The first-order valence-corrected chi connectivity index (χ1v) is 5.42. The minimum Gasteiger partial charge on any atom is -0.302 e. The van der Waals surface area contributed by atoms with Gasteiger partial charge in [0, 0.05) is 23.0 Å². The van der Waals surface area contributed by atoms with Gasteiger partial charge < -0.3 is 4.79 Å². The highest BCUT2D eigenvalue weighted by atomic mass is 32.2. The van der Waals surface area contributed by atoms with Gasteiger partial charge in [-0.25, -0.2) is 0 Å². The molecule has 0 aromatic carbocycles.